The molecule has 0 bridgehead atoms. The quantitative estimate of drug-likeness (QED) is 0.486. The van der Waals surface area contributed by atoms with Crippen molar-refractivity contribution in [2.75, 3.05) is 5.32 Å². The Labute approximate surface area is 158 Å². The van der Waals surface area contributed by atoms with Crippen molar-refractivity contribution in [1.29, 1.82) is 0 Å². The Morgan fingerprint density at radius 3 is 2.69 bits per heavy atom. The molecule has 0 spiro atoms. The van der Waals surface area contributed by atoms with Crippen LogP contribution in [0, 0.1) is 6.92 Å². The summed E-state index contributed by atoms with van der Waals surface area (Å²) in [6, 6.07) is 15.7. The van der Waals surface area contributed by atoms with Gasteiger partial charge in [-0.15, -0.1) is 22.7 Å². The zero-order valence-corrected chi connectivity index (χ0v) is 15.6. The molecule has 4 nitrogen and oxygen atoms in total. The fourth-order valence-electron chi connectivity index (χ4n) is 2.56. The third-order valence-corrected chi connectivity index (χ3v) is 5.61. The summed E-state index contributed by atoms with van der Waals surface area (Å²) in [5.74, 6) is -0.191. The summed E-state index contributed by atoms with van der Waals surface area (Å²) < 4.78 is 1.13. The van der Waals surface area contributed by atoms with Crippen molar-refractivity contribution in [1.82, 2.24) is 9.97 Å². The summed E-state index contributed by atoms with van der Waals surface area (Å²) in [5, 5.41) is 6.74. The first-order valence-electron chi connectivity index (χ1n) is 8.05. The van der Waals surface area contributed by atoms with Crippen LogP contribution in [0.25, 0.3) is 26.9 Å². The molecular formula is C20H15N3OS2. The zero-order chi connectivity index (χ0) is 17.9. The van der Waals surface area contributed by atoms with Crippen molar-refractivity contribution in [3.05, 3.63) is 70.7 Å². The second-order valence-corrected chi connectivity index (χ2v) is 7.74. The van der Waals surface area contributed by atoms with Gasteiger partial charge in [0.15, 0.2) is 0 Å². The van der Waals surface area contributed by atoms with E-state index >= 15 is 0 Å². The molecule has 0 aliphatic rings. The first-order valence-corrected chi connectivity index (χ1v) is 9.75. The van der Waals surface area contributed by atoms with Crippen molar-refractivity contribution in [2.45, 2.75) is 6.92 Å². The van der Waals surface area contributed by atoms with Crippen LogP contribution in [0.4, 0.5) is 5.69 Å². The number of hydrogen-bond donors (Lipinski definition) is 1. The Hall–Kier alpha value is -2.83. The van der Waals surface area contributed by atoms with E-state index in [-0.39, 0.29) is 5.91 Å². The summed E-state index contributed by atoms with van der Waals surface area (Å²) in [7, 11) is 0. The van der Waals surface area contributed by atoms with Crippen LogP contribution in [0.1, 0.15) is 10.7 Å². The van der Waals surface area contributed by atoms with Gasteiger partial charge in [0.25, 0.3) is 0 Å². The van der Waals surface area contributed by atoms with Gasteiger partial charge in [-0.25, -0.2) is 9.97 Å². The number of nitrogens with one attached hydrogen (secondary N) is 1. The second kappa shape index (κ2) is 7.19. The molecule has 0 unspecified atom stereocenters. The van der Waals surface area contributed by atoms with Gasteiger partial charge in [-0.2, -0.15) is 0 Å². The molecule has 0 saturated carbocycles. The molecule has 6 heteroatoms. The minimum atomic E-state index is -0.191. The predicted molar refractivity (Wildman–Crippen MR) is 110 cm³/mol. The van der Waals surface area contributed by atoms with Crippen LogP contribution in [0.2, 0.25) is 0 Å². The maximum atomic E-state index is 12.3. The van der Waals surface area contributed by atoms with E-state index < -0.39 is 0 Å². The normalized spacial score (nSPS) is 11.3. The van der Waals surface area contributed by atoms with E-state index in [1.165, 1.54) is 6.08 Å². The topological polar surface area (TPSA) is 54.9 Å². The Morgan fingerprint density at radius 2 is 1.88 bits per heavy atom. The number of carbonyl (C=O) groups is 1. The van der Waals surface area contributed by atoms with E-state index in [1.807, 2.05) is 54.8 Å². The lowest BCUT2D eigenvalue weighted by atomic mass is 10.2. The van der Waals surface area contributed by atoms with Crippen LogP contribution in [-0.4, -0.2) is 15.9 Å². The molecule has 128 valence electrons. The number of hydrogen-bond acceptors (Lipinski definition) is 5. The maximum Gasteiger partial charge on any atom is 0.248 e. The number of para-hydroxylation sites is 2. The second-order valence-electron chi connectivity index (χ2n) is 5.65. The van der Waals surface area contributed by atoms with E-state index in [0.29, 0.717) is 0 Å². The van der Waals surface area contributed by atoms with E-state index in [9.17, 15) is 4.79 Å². The van der Waals surface area contributed by atoms with E-state index in [0.717, 1.165) is 37.2 Å². The minimum absolute atomic E-state index is 0.191. The van der Waals surface area contributed by atoms with Crippen LogP contribution < -0.4 is 5.32 Å². The maximum absolute atomic E-state index is 12.3. The number of amides is 1. The molecule has 2 aromatic carbocycles. The Bertz CT molecular complexity index is 1080. The largest absolute Gasteiger partial charge is 0.322 e. The average molecular weight is 377 g/mol. The highest BCUT2D eigenvalue weighted by atomic mass is 32.1. The summed E-state index contributed by atoms with van der Waals surface area (Å²) in [6.07, 6.45) is 3.22. The van der Waals surface area contributed by atoms with Gasteiger partial charge in [0.1, 0.15) is 5.01 Å². The standard InChI is InChI=1S/C20H15N3OS2/c1-13-21-14(12-25-13)10-11-19(24)22-16-7-3-2-6-15(16)20-23-17-8-4-5-9-18(17)26-20/h2-12H,1H3,(H,22,24)/b11-10+. The molecule has 0 radical (unpaired) electrons. The number of carbonyl (C=O) groups excluding carboxylic acids is 1. The number of aromatic nitrogens is 2. The fraction of sp³-hybridized carbons (Fsp3) is 0.0500. The molecule has 1 amide bonds. The van der Waals surface area contributed by atoms with Gasteiger partial charge < -0.3 is 5.32 Å². The molecule has 4 rings (SSSR count). The van der Waals surface area contributed by atoms with Crippen LogP contribution in [0.3, 0.4) is 0 Å². The van der Waals surface area contributed by atoms with Crippen molar-refractivity contribution < 1.29 is 4.79 Å². The van der Waals surface area contributed by atoms with Crippen LogP contribution in [-0.2, 0) is 4.79 Å². The molecule has 1 N–H and O–H groups in total. The molecule has 0 fully saturated rings. The average Bonchev–Trinajstić information content (AvgIpc) is 3.26. The summed E-state index contributed by atoms with van der Waals surface area (Å²) in [6.45, 7) is 1.94. The molecule has 0 aliphatic carbocycles. The molecule has 0 atom stereocenters. The highest BCUT2D eigenvalue weighted by Crippen LogP contribution is 2.34. The smallest absolute Gasteiger partial charge is 0.248 e. The SMILES string of the molecule is Cc1nc(/C=C/C(=O)Nc2ccccc2-c2nc3ccccc3s2)cs1. The molecule has 4 aromatic rings. The van der Waals surface area contributed by atoms with Crippen LogP contribution >= 0.6 is 22.7 Å². The number of nitrogens with zero attached hydrogens (tertiary/aromatic N) is 2. The predicted octanol–water partition coefficient (Wildman–Crippen LogP) is 5.38. The first-order chi connectivity index (χ1) is 12.7. The van der Waals surface area contributed by atoms with Crippen molar-refractivity contribution in [2.24, 2.45) is 0 Å². The first kappa shape index (κ1) is 16.6. The number of anilines is 1. The minimum Gasteiger partial charge on any atom is -0.322 e. The Morgan fingerprint density at radius 1 is 1.08 bits per heavy atom. The fourth-order valence-corrected chi connectivity index (χ4v) is 4.14. The lowest BCUT2D eigenvalue weighted by Gasteiger charge is -2.07. The zero-order valence-electron chi connectivity index (χ0n) is 14.0. The monoisotopic (exact) mass is 377 g/mol. The highest BCUT2D eigenvalue weighted by Gasteiger charge is 2.11. The van der Waals surface area contributed by atoms with Gasteiger partial charge in [0.2, 0.25) is 5.91 Å². The summed E-state index contributed by atoms with van der Waals surface area (Å²) in [5.41, 5.74) is 3.42. The lowest BCUT2D eigenvalue weighted by Crippen LogP contribution is -2.08. The number of rotatable bonds is 4. The van der Waals surface area contributed by atoms with Crippen LogP contribution in [0.15, 0.2) is 60.0 Å². The van der Waals surface area contributed by atoms with Gasteiger partial charge in [-0.1, -0.05) is 24.3 Å². The molecule has 2 aromatic heterocycles. The van der Waals surface area contributed by atoms with Gasteiger partial charge in [-0.3, -0.25) is 4.79 Å². The van der Waals surface area contributed by atoms with E-state index in [2.05, 4.69) is 21.4 Å². The summed E-state index contributed by atoms with van der Waals surface area (Å²) in [4.78, 5) is 21.3. The highest BCUT2D eigenvalue weighted by molar-refractivity contribution is 7.21. The number of fused-ring (bicyclic) bond motifs is 1. The molecule has 0 aliphatic heterocycles. The van der Waals surface area contributed by atoms with Crippen LogP contribution in [0.5, 0.6) is 0 Å². The Kier molecular flexibility index (Phi) is 4.60. The van der Waals surface area contributed by atoms with Gasteiger partial charge >= 0.3 is 0 Å². The molecule has 26 heavy (non-hydrogen) atoms. The third-order valence-electron chi connectivity index (χ3n) is 3.75. The van der Waals surface area contributed by atoms with Crippen molar-refractivity contribution >= 4 is 50.6 Å². The van der Waals surface area contributed by atoms with E-state index in [1.54, 1.807) is 28.7 Å². The van der Waals surface area contributed by atoms with Crippen molar-refractivity contribution in [3.63, 3.8) is 0 Å². The summed E-state index contributed by atoms with van der Waals surface area (Å²) >= 11 is 3.18. The van der Waals surface area contributed by atoms with Crippen molar-refractivity contribution in [3.8, 4) is 10.6 Å². The van der Waals surface area contributed by atoms with Gasteiger partial charge in [-0.05, 0) is 37.3 Å². The molecule has 0 saturated heterocycles. The molecule has 2 heterocycles. The van der Waals surface area contributed by atoms with Gasteiger partial charge in [0, 0.05) is 17.0 Å². The van der Waals surface area contributed by atoms with E-state index in [4.69, 9.17) is 0 Å². The van der Waals surface area contributed by atoms with Gasteiger partial charge in [0.05, 0.1) is 26.6 Å². The number of thiazole rings is 2. The lowest BCUT2D eigenvalue weighted by molar-refractivity contribution is -0.111. The number of aryl methyl sites for hydroxylation is 1. The third kappa shape index (κ3) is 3.56. The number of benzene rings is 2. The molecular weight excluding hydrogens is 362 g/mol. The Balaban J connectivity index is 1.59.